The van der Waals surface area contributed by atoms with Crippen LogP contribution in [0.3, 0.4) is 0 Å². The molecule has 0 aliphatic heterocycles. The molecular weight excluding hydrogens is 142 g/mol. The van der Waals surface area contributed by atoms with Crippen molar-refractivity contribution in [2.45, 2.75) is 24.7 Å². The van der Waals surface area contributed by atoms with Gasteiger partial charge in [-0.1, -0.05) is 13.3 Å². The van der Waals surface area contributed by atoms with Crippen LogP contribution in [-0.4, -0.2) is 4.98 Å². The van der Waals surface area contributed by atoms with Crippen molar-refractivity contribution in [3.8, 4) is 0 Å². The molecule has 0 saturated carbocycles. The zero-order valence-electron chi connectivity index (χ0n) is 6.04. The zero-order chi connectivity index (χ0) is 7.40. The summed E-state index contributed by atoms with van der Waals surface area (Å²) in [6.45, 7) is 2.14. The maximum Gasteiger partial charge on any atom is 0.0536 e. The molecule has 0 amide bonds. The van der Waals surface area contributed by atoms with Gasteiger partial charge >= 0.3 is 0 Å². The molecule has 0 aliphatic carbocycles. The van der Waals surface area contributed by atoms with Gasteiger partial charge in [0, 0.05) is 11.1 Å². The monoisotopic (exact) mass is 153 g/mol. The minimum atomic E-state index is 1.00. The Morgan fingerprint density at radius 2 is 2.40 bits per heavy atom. The van der Waals surface area contributed by atoms with E-state index in [0.717, 1.165) is 23.4 Å². The van der Waals surface area contributed by atoms with E-state index < -0.39 is 0 Å². The first kappa shape index (κ1) is 7.61. The molecule has 10 heavy (non-hydrogen) atoms. The SMILES string of the molecule is CCCc1ncccc1S. The molecule has 0 saturated heterocycles. The number of thiol groups is 1. The quantitative estimate of drug-likeness (QED) is 0.643. The summed E-state index contributed by atoms with van der Waals surface area (Å²) in [5.74, 6) is 0. The van der Waals surface area contributed by atoms with E-state index in [2.05, 4.69) is 24.5 Å². The van der Waals surface area contributed by atoms with Crippen LogP contribution in [0.2, 0.25) is 0 Å². The molecule has 0 fully saturated rings. The first-order valence-electron chi connectivity index (χ1n) is 3.47. The van der Waals surface area contributed by atoms with Crippen LogP contribution < -0.4 is 0 Å². The van der Waals surface area contributed by atoms with E-state index in [9.17, 15) is 0 Å². The summed E-state index contributed by atoms with van der Waals surface area (Å²) in [4.78, 5) is 5.20. The average molecular weight is 153 g/mol. The van der Waals surface area contributed by atoms with Gasteiger partial charge in [-0.25, -0.2) is 0 Å². The summed E-state index contributed by atoms with van der Waals surface area (Å²) in [6, 6.07) is 3.88. The number of aryl methyl sites for hydroxylation is 1. The molecular formula is C8H11NS. The lowest BCUT2D eigenvalue weighted by Crippen LogP contribution is -1.88. The van der Waals surface area contributed by atoms with Crippen LogP contribution in [-0.2, 0) is 6.42 Å². The van der Waals surface area contributed by atoms with Crippen LogP contribution in [0, 0.1) is 0 Å². The third-order valence-electron chi connectivity index (χ3n) is 1.35. The maximum atomic E-state index is 4.27. The van der Waals surface area contributed by atoms with E-state index in [1.54, 1.807) is 0 Å². The topological polar surface area (TPSA) is 12.9 Å². The van der Waals surface area contributed by atoms with Crippen molar-refractivity contribution in [1.82, 2.24) is 4.98 Å². The number of hydrogen-bond donors (Lipinski definition) is 1. The third-order valence-corrected chi connectivity index (χ3v) is 1.76. The summed E-state index contributed by atoms with van der Waals surface area (Å²) >= 11 is 4.27. The summed E-state index contributed by atoms with van der Waals surface area (Å²) in [7, 11) is 0. The normalized spacial score (nSPS) is 9.80. The zero-order valence-corrected chi connectivity index (χ0v) is 6.94. The van der Waals surface area contributed by atoms with E-state index in [0.29, 0.717) is 0 Å². The van der Waals surface area contributed by atoms with Crippen LogP contribution in [0.25, 0.3) is 0 Å². The van der Waals surface area contributed by atoms with Crippen molar-refractivity contribution in [1.29, 1.82) is 0 Å². The second-order valence-electron chi connectivity index (χ2n) is 2.22. The first-order chi connectivity index (χ1) is 4.84. The van der Waals surface area contributed by atoms with Crippen LogP contribution in [0.15, 0.2) is 23.2 Å². The van der Waals surface area contributed by atoms with Gasteiger partial charge in [0.05, 0.1) is 5.69 Å². The highest BCUT2D eigenvalue weighted by Crippen LogP contribution is 2.10. The van der Waals surface area contributed by atoms with Gasteiger partial charge in [-0.2, -0.15) is 0 Å². The highest BCUT2D eigenvalue weighted by atomic mass is 32.1. The summed E-state index contributed by atoms with van der Waals surface area (Å²) in [6.07, 6.45) is 3.97. The molecule has 0 aliphatic rings. The van der Waals surface area contributed by atoms with E-state index in [1.807, 2.05) is 18.3 Å². The van der Waals surface area contributed by atoms with Crippen LogP contribution in [0.5, 0.6) is 0 Å². The summed E-state index contributed by atoms with van der Waals surface area (Å²) in [5.41, 5.74) is 1.10. The van der Waals surface area contributed by atoms with E-state index in [4.69, 9.17) is 0 Å². The smallest absolute Gasteiger partial charge is 0.0536 e. The predicted octanol–water partition coefficient (Wildman–Crippen LogP) is 2.32. The van der Waals surface area contributed by atoms with Gasteiger partial charge in [-0.15, -0.1) is 12.6 Å². The van der Waals surface area contributed by atoms with Crippen molar-refractivity contribution in [2.24, 2.45) is 0 Å². The molecule has 1 aromatic rings. The number of pyridine rings is 1. The average Bonchev–Trinajstić information content (AvgIpc) is 1.94. The van der Waals surface area contributed by atoms with Crippen molar-refractivity contribution in [3.05, 3.63) is 24.0 Å². The minimum Gasteiger partial charge on any atom is -0.260 e. The van der Waals surface area contributed by atoms with Gasteiger partial charge in [-0.3, -0.25) is 4.98 Å². The number of rotatable bonds is 2. The molecule has 54 valence electrons. The molecule has 1 heterocycles. The molecule has 1 nitrogen and oxygen atoms in total. The largest absolute Gasteiger partial charge is 0.260 e. The number of nitrogens with zero attached hydrogens (tertiary/aromatic N) is 1. The van der Waals surface area contributed by atoms with Crippen molar-refractivity contribution in [3.63, 3.8) is 0 Å². The maximum absolute atomic E-state index is 4.27. The number of aromatic nitrogens is 1. The van der Waals surface area contributed by atoms with E-state index >= 15 is 0 Å². The van der Waals surface area contributed by atoms with Gasteiger partial charge in [0.15, 0.2) is 0 Å². The first-order valence-corrected chi connectivity index (χ1v) is 3.92. The predicted molar refractivity (Wildman–Crippen MR) is 45.5 cm³/mol. The van der Waals surface area contributed by atoms with E-state index in [-0.39, 0.29) is 0 Å². The standard InChI is InChI=1S/C8H11NS/c1-2-4-7-8(10)5-3-6-9-7/h3,5-6,10H,2,4H2,1H3. The van der Waals surface area contributed by atoms with Crippen LogP contribution >= 0.6 is 12.6 Å². The highest BCUT2D eigenvalue weighted by molar-refractivity contribution is 7.80. The number of hydrogen-bond acceptors (Lipinski definition) is 2. The molecule has 0 unspecified atom stereocenters. The Bertz CT molecular complexity index is 210. The lowest BCUT2D eigenvalue weighted by molar-refractivity contribution is 0.857. The fourth-order valence-electron chi connectivity index (χ4n) is 0.859. The molecule has 0 radical (unpaired) electrons. The Balaban J connectivity index is 2.81. The Kier molecular flexibility index (Phi) is 2.75. The fraction of sp³-hybridized carbons (Fsp3) is 0.375. The molecule has 0 aromatic carbocycles. The second-order valence-corrected chi connectivity index (χ2v) is 2.70. The Labute approximate surface area is 66.9 Å². The molecule has 1 aromatic heterocycles. The molecule has 0 bridgehead atoms. The third kappa shape index (κ3) is 1.74. The van der Waals surface area contributed by atoms with Crippen LogP contribution in [0.4, 0.5) is 0 Å². The summed E-state index contributed by atoms with van der Waals surface area (Å²) in [5, 5.41) is 0. The van der Waals surface area contributed by atoms with Gasteiger partial charge in [0.2, 0.25) is 0 Å². The van der Waals surface area contributed by atoms with Crippen molar-refractivity contribution in [2.75, 3.05) is 0 Å². The summed E-state index contributed by atoms with van der Waals surface area (Å²) < 4.78 is 0. The van der Waals surface area contributed by atoms with Gasteiger partial charge < -0.3 is 0 Å². The molecule has 0 spiro atoms. The minimum absolute atomic E-state index is 1.00. The Morgan fingerprint density at radius 3 is 3.00 bits per heavy atom. The Morgan fingerprint density at radius 1 is 1.60 bits per heavy atom. The second kappa shape index (κ2) is 3.62. The van der Waals surface area contributed by atoms with E-state index in [1.165, 1.54) is 0 Å². The van der Waals surface area contributed by atoms with Gasteiger partial charge in [0.1, 0.15) is 0 Å². The fourth-order valence-corrected chi connectivity index (χ4v) is 1.11. The molecule has 1 rings (SSSR count). The van der Waals surface area contributed by atoms with Crippen molar-refractivity contribution < 1.29 is 0 Å². The Hall–Kier alpha value is -0.500. The highest BCUT2D eigenvalue weighted by Gasteiger charge is 1.95. The van der Waals surface area contributed by atoms with Crippen LogP contribution in [0.1, 0.15) is 19.0 Å². The molecule has 0 atom stereocenters. The lowest BCUT2D eigenvalue weighted by atomic mass is 10.2. The molecule has 2 heteroatoms. The van der Waals surface area contributed by atoms with Gasteiger partial charge in [0.25, 0.3) is 0 Å². The lowest BCUT2D eigenvalue weighted by Gasteiger charge is -1.98. The molecule has 0 N–H and O–H groups in total. The van der Waals surface area contributed by atoms with Gasteiger partial charge in [-0.05, 0) is 18.6 Å². The van der Waals surface area contributed by atoms with Crippen molar-refractivity contribution >= 4 is 12.6 Å².